The molecule has 0 aliphatic heterocycles. The molecule has 1 aliphatic rings. The van der Waals surface area contributed by atoms with Crippen LogP contribution in [-0.4, -0.2) is 22.5 Å². The highest BCUT2D eigenvalue weighted by atomic mass is 16.3. The monoisotopic (exact) mass is 368 g/mol. The summed E-state index contributed by atoms with van der Waals surface area (Å²) in [5.74, 6) is 0.186. The standard InChI is InChI=1S/C24H20N2O2/c27-23-11-5-3-9-19(23)15-25-21-13-17-7-1-2-8-18(17)14-22(21)26-16-20-10-4-6-12-24(20)28/h1-16,23,25,27-28H/b19-15-,26-16?. The van der Waals surface area contributed by atoms with E-state index in [0.29, 0.717) is 5.56 Å². The molecule has 0 saturated heterocycles. The molecule has 0 fully saturated rings. The zero-order valence-corrected chi connectivity index (χ0v) is 15.2. The second kappa shape index (κ2) is 7.94. The third-order valence-electron chi connectivity index (χ3n) is 4.57. The van der Waals surface area contributed by atoms with Crippen LogP contribution < -0.4 is 5.32 Å². The average molecular weight is 368 g/mol. The Kier molecular flexibility index (Phi) is 5.04. The highest BCUT2D eigenvalue weighted by Crippen LogP contribution is 2.31. The van der Waals surface area contributed by atoms with E-state index < -0.39 is 6.10 Å². The molecule has 0 bridgehead atoms. The second-order valence-corrected chi connectivity index (χ2v) is 6.51. The molecule has 0 amide bonds. The molecular formula is C24H20N2O2. The number of allylic oxidation sites excluding steroid dienone is 2. The quantitative estimate of drug-likeness (QED) is 0.563. The molecule has 4 nitrogen and oxygen atoms in total. The van der Waals surface area contributed by atoms with Gasteiger partial charge >= 0.3 is 0 Å². The van der Waals surface area contributed by atoms with Crippen LogP contribution in [0.4, 0.5) is 11.4 Å². The average Bonchev–Trinajstić information content (AvgIpc) is 2.72. The van der Waals surface area contributed by atoms with Gasteiger partial charge in [0.2, 0.25) is 0 Å². The summed E-state index contributed by atoms with van der Waals surface area (Å²) >= 11 is 0. The van der Waals surface area contributed by atoms with Gasteiger partial charge in [-0.05, 0) is 35.0 Å². The summed E-state index contributed by atoms with van der Waals surface area (Å²) in [4.78, 5) is 4.60. The maximum atomic E-state index is 10.1. The van der Waals surface area contributed by atoms with Crippen molar-refractivity contribution >= 4 is 28.4 Å². The predicted octanol–water partition coefficient (Wildman–Crippen LogP) is 5.08. The van der Waals surface area contributed by atoms with Gasteiger partial charge in [-0.3, -0.25) is 4.99 Å². The van der Waals surface area contributed by atoms with E-state index in [1.807, 2.05) is 66.8 Å². The minimum Gasteiger partial charge on any atom is -0.507 e. The van der Waals surface area contributed by atoms with Gasteiger partial charge in [0.05, 0.1) is 17.5 Å². The SMILES string of the molecule is Oc1ccccc1C=Nc1cc2ccccc2cc1N/C=C1/C=CC=CC1O. The lowest BCUT2D eigenvalue weighted by Crippen LogP contribution is -2.08. The van der Waals surface area contributed by atoms with Crippen molar-refractivity contribution in [3.63, 3.8) is 0 Å². The molecular weight excluding hydrogens is 348 g/mol. The molecule has 3 N–H and O–H groups in total. The zero-order valence-electron chi connectivity index (χ0n) is 15.2. The molecule has 0 radical (unpaired) electrons. The van der Waals surface area contributed by atoms with Crippen molar-refractivity contribution in [1.82, 2.24) is 0 Å². The number of phenols is 1. The fourth-order valence-electron chi connectivity index (χ4n) is 3.03. The van der Waals surface area contributed by atoms with Gasteiger partial charge < -0.3 is 15.5 Å². The number of hydrogen-bond acceptors (Lipinski definition) is 4. The number of aliphatic hydroxyl groups is 1. The van der Waals surface area contributed by atoms with Crippen molar-refractivity contribution in [2.75, 3.05) is 5.32 Å². The molecule has 28 heavy (non-hydrogen) atoms. The third-order valence-corrected chi connectivity index (χ3v) is 4.57. The number of nitrogens with one attached hydrogen (secondary N) is 1. The first kappa shape index (κ1) is 17.8. The molecule has 0 saturated carbocycles. The molecule has 3 aromatic carbocycles. The van der Waals surface area contributed by atoms with E-state index in [9.17, 15) is 10.2 Å². The molecule has 1 unspecified atom stereocenters. The fraction of sp³-hybridized carbons (Fsp3) is 0.0417. The molecule has 4 heteroatoms. The summed E-state index contributed by atoms with van der Waals surface area (Å²) in [6, 6.07) is 19.2. The van der Waals surface area contributed by atoms with Gasteiger partial charge in [0, 0.05) is 23.6 Å². The number of aliphatic hydroxyl groups excluding tert-OH is 1. The first-order valence-electron chi connectivity index (χ1n) is 9.05. The number of rotatable bonds is 4. The number of nitrogens with zero attached hydrogens (tertiary/aromatic N) is 1. The third kappa shape index (κ3) is 3.87. The first-order chi connectivity index (χ1) is 13.7. The molecule has 1 atom stereocenters. The Morgan fingerprint density at radius 1 is 0.929 bits per heavy atom. The normalized spacial score (nSPS) is 17.6. The number of aromatic hydroxyl groups is 1. The Morgan fingerprint density at radius 2 is 1.68 bits per heavy atom. The Labute approximate surface area is 163 Å². The Balaban J connectivity index is 1.72. The van der Waals surface area contributed by atoms with Gasteiger partial charge in [-0.25, -0.2) is 0 Å². The summed E-state index contributed by atoms with van der Waals surface area (Å²) in [7, 11) is 0. The minimum absolute atomic E-state index is 0.186. The molecule has 3 aromatic rings. The van der Waals surface area contributed by atoms with Gasteiger partial charge in [0.1, 0.15) is 5.75 Å². The zero-order chi connectivity index (χ0) is 19.3. The Hall–Kier alpha value is -3.63. The number of benzene rings is 3. The van der Waals surface area contributed by atoms with Crippen molar-refractivity contribution in [3.05, 3.63) is 102 Å². The molecule has 0 heterocycles. The number of hydrogen-bond donors (Lipinski definition) is 3. The lowest BCUT2D eigenvalue weighted by atomic mass is 10.1. The minimum atomic E-state index is -0.633. The van der Waals surface area contributed by atoms with Crippen LogP contribution in [-0.2, 0) is 0 Å². The highest BCUT2D eigenvalue weighted by molar-refractivity contribution is 5.94. The van der Waals surface area contributed by atoms with E-state index in [4.69, 9.17) is 0 Å². The lowest BCUT2D eigenvalue weighted by molar-refractivity contribution is 0.262. The Bertz CT molecular complexity index is 1130. The summed E-state index contributed by atoms with van der Waals surface area (Å²) in [5.41, 5.74) is 2.97. The van der Waals surface area contributed by atoms with E-state index in [2.05, 4.69) is 10.3 Å². The first-order valence-corrected chi connectivity index (χ1v) is 9.05. The fourth-order valence-corrected chi connectivity index (χ4v) is 3.03. The lowest BCUT2D eigenvalue weighted by Gasteiger charge is -2.13. The van der Waals surface area contributed by atoms with Crippen LogP contribution in [0.3, 0.4) is 0 Å². The van der Waals surface area contributed by atoms with Crippen molar-refractivity contribution < 1.29 is 10.2 Å². The smallest absolute Gasteiger partial charge is 0.124 e. The van der Waals surface area contributed by atoms with Crippen molar-refractivity contribution in [1.29, 1.82) is 0 Å². The van der Waals surface area contributed by atoms with E-state index in [1.165, 1.54) is 0 Å². The van der Waals surface area contributed by atoms with E-state index in [0.717, 1.165) is 27.7 Å². The van der Waals surface area contributed by atoms with Crippen molar-refractivity contribution in [2.45, 2.75) is 6.10 Å². The van der Waals surface area contributed by atoms with Gasteiger partial charge in [-0.1, -0.05) is 60.7 Å². The van der Waals surface area contributed by atoms with Crippen molar-refractivity contribution in [3.8, 4) is 5.75 Å². The predicted molar refractivity (Wildman–Crippen MR) is 115 cm³/mol. The van der Waals surface area contributed by atoms with E-state index in [-0.39, 0.29) is 5.75 Å². The molecule has 4 rings (SSSR count). The van der Waals surface area contributed by atoms with Gasteiger partial charge in [-0.2, -0.15) is 0 Å². The van der Waals surface area contributed by atoms with Gasteiger partial charge in [-0.15, -0.1) is 0 Å². The maximum absolute atomic E-state index is 10.1. The van der Waals surface area contributed by atoms with Crippen LogP contribution in [0.5, 0.6) is 5.75 Å². The number of aliphatic imine (C=N–C) groups is 1. The largest absolute Gasteiger partial charge is 0.507 e. The van der Waals surface area contributed by atoms with E-state index >= 15 is 0 Å². The van der Waals surface area contributed by atoms with Crippen LogP contribution in [0.15, 0.2) is 102 Å². The van der Waals surface area contributed by atoms with Crippen LogP contribution in [0.2, 0.25) is 0 Å². The molecule has 0 spiro atoms. The number of fused-ring (bicyclic) bond motifs is 1. The number of anilines is 1. The molecule has 138 valence electrons. The number of para-hydroxylation sites is 1. The van der Waals surface area contributed by atoms with Crippen LogP contribution in [0.1, 0.15) is 5.56 Å². The Morgan fingerprint density at radius 3 is 2.46 bits per heavy atom. The van der Waals surface area contributed by atoms with Crippen LogP contribution in [0.25, 0.3) is 10.8 Å². The topological polar surface area (TPSA) is 64.9 Å². The molecule has 0 aromatic heterocycles. The van der Waals surface area contributed by atoms with Gasteiger partial charge in [0.25, 0.3) is 0 Å². The summed E-state index contributed by atoms with van der Waals surface area (Å²) < 4.78 is 0. The summed E-state index contributed by atoms with van der Waals surface area (Å²) in [6.07, 6.45) is 10.1. The van der Waals surface area contributed by atoms with Gasteiger partial charge in [0.15, 0.2) is 0 Å². The van der Waals surface area contributed by atoms with Crippen molar-refractivity contribution in [2.24, 2.45) is 4.99 Å². The number of phenolic OH excluding ortho intramolecular Hbond substituents is 1. The van der Waals surface area contributed by atoms with Crippen LogP contribution in [0, 0.1) is 0 Å². The summed E-state index contributed by atoms with van der Waals surface area (Å²) in [6.45, 7) is 0. The molecule has 1 aliphatic carbocycles. The highest BCUT2D eigenvalue weighted by Gasteiger charge is 2.08. The maximum Gasteiger partial charge on any atom is 0.124 e. The summed E-state index contributed by atoms with van der Waals surface area (Å²) in [5, 5.41) is 25.5. The van der Waals surface area contributed by atoms with Crippen LogP contribution >= 0.6 is 0 Å². The van der Waals surface area contributed by atoms with E-state index in [1.54, 1.807) is 30.6 Å². The second-order valence-electron chi connectivity index (χ2n) is 6.51.